The summed E-state index contributed by atoms with van der Waals surface area (Å²) in [5.41, 5.74) is 1.24. The highest BCUT2D eigenvalue weighted by Crippen LogP contribution is 2.42. The molecule has 1 unspecified atom stereocenters. The molecule has 1 aromatic heterocycles. The first kappa shape index (κ1) is 16.8. The summed E-state index contributed by atoms with van der Waals surface area (Å²) < 4.78 is 36.4. The van der Waals surface area contributed by atoms with Crippen LogP contribution in [-0.2, 0) is 26.1 Å². The van der Waals surface area contributed by atoms with Crippen LogP contribution in [0.3, 0.4) is 0 Å². The van der Waals surface area contributed by atoms with Gasteiger partial charge in [0.1, 0.15) is 0 Å². The van der Waals surface area contributed by atoms with Gasteiger partial charge in [0.15, 0.2) is 0 Å². The molecule has 6 nitrogen and oxygen atoms in total. The second kappa shape index (κ2) is 6.84. The summed E-state index contributed by atoms with van der Waals surface area (Å²) in [5.74, 6) is 0. The van der Waals surface area contributed by atoms with E-state index in [2.05, 4.69) is 4.98 Å². The van der Waals surface area contributed by atoms with Crippen molar-refractivity contribution in [3.05, 3.63) is 30.1 Å². The lowest BCUT2D eigenvalue weighted by molar-refractivity contribution is 0.00733. The maximum Gasteiger partial charge on any atom is 0.211 e. The molecule has 1 aromatic rings. The summed E-state index contributed by atoms with van der Waals surface area (Å²) in [6.07, 6.45) is 7.63. The largest absolute Gasteiger partial charge is 0.375 e. The summed E-state index contributed by atoms with van der Waals surface area (Å²) in [4.78, 5) is 3.98. The summed E-state index contributed by atoms with van der Waals surface area (Å²) in [6, 6.07) is 3.88. The molecule has 128 valence electrons. The predicted molar refractivity (Wildman–Crippen MR) is 86.3 cm³/mol. The molecule has 2 saturated heterocycles. The lowest BCUT2D eigenvalue weighted by Gasteiger charge is -2.37. The standard InChI is InChI=1S/C16H24N2O4S/c1-23(19,20)18-8-4-16(5-9-18)10-15(22-13-16)12-21-11-14-2-6-17-7-3-14/h2-3,6-7,15H,4-5,8-13H2,1H3. The zero-order valence-electron chi connectivity index (χ0n) is 13.5. The molecule has 0 bridgehead atoms. The molecular weight excluding hydrogens is 316 g/mol. The first-order chi connectivity index (χ1) is 11.0. The summed E-state index contributed by atoms with van der Waals surface area (Å²) in [6.45, 7) is 3.07. The van der Waals surface area contributed by atoms with Gasteiger partial charge >= 0.3 is 0 Å². The van der Waals surface area contributed by atoms with Gasteiger partial charge in [-0.25, -0.2) is 12.7 Å². The normalized spacial score (nSPS) is 25.0. The third-order valence-corrected chi connectivity index (χ3v) is 6.16. The maximum atomic E-state index is 11.6. The van der Waals surface area contributed by atoms with E-state index >= 15 is 0 Å². The van der Waals surface area contributed by atoms with Crippen LogP contribution in [0.2, 0.25) is 0 Å². The summed E-state index contributed by atoms with van der Waals surface area (Å²) >= 11 is 0. The van der Waals surface area contributed by atoms with E-state index in [1.165, 1.54) is 6.26 Å². The van der Waals surface area contributed by atoms with Gasteiger partial charge in [-0.1, -0.05) is 0 Å². The lowest BCUT2D eigenvalue weighted by Crippen LogP contribution is -2.43. The Morgan fingerprint density at radius 1 is 1.35 bits per heavy atom. The Kier molecular flexibility index (Phi) is 5.01. The van der Waals surface area contributed by atoms with E-state index in [0.717, 1.165) is 24.8 Å². The van der Waals surface area contributed by atoms with E-state index in [-0.39, 0.29) is 11.5 Å². The van der Waals surface area contributed by atoms with Gasteiger partial charge in [-0.3, -0.25) is 4.98 Å². The molecule has 3 heterocycles. The van der Waals surface area contributed by atoms with Crippen LogP contribution in [-0.4, -0.2) is 56.4 Å². The number of ether oxygens (including phenoxy) is 2. The smallest absolute Gasteiger partial charge is 0.211 e. The molecule has 0 radical (unpaired) electrons. The van der Waals surface area contributed by atoms with Gasteiger partial charge < -0.3 is 9.47 Å². The third-order valence-electron chi connectivity index (χ3n) is 4.86. The van der Waals surface area contributed by atoms with E-state index in [1.807, 2.05) is 12.1 Å². The number of sulfonamides is 1. The zero-order valence-corrected chi connectivity index (χ0v) is 14.3. The Hall–Kier alpha value is -1.02. The van der Waals surface area contributed by atoms with E-state index in [9.17, 15) is 8.42 Å². The second-order valence-corrected chi connectivity index (χ2v) is 8.65. The van der Waals surface area contributed by atoms with Crippen molar-refractivity contribution in [3.63, 3.8) is 0 Å². The third kappa shape index (κ3) is 4.29. The van der Waals surface area contributed by atoms with Crippen LogP contribution in [0.15, 0.2) is 24.5 Å². The molecule has 23 heavy (non-hydrogen) atoms. The first-order valence-electron chi connectivity index (χ1n) is 8.00. The molecule has 0 amide bonds. The molecule has 0 aliphatic carbocycles. The first-order valence-corrected chi connectivity index (χ1v) is 9.85. The number of pyridine rings is 1. The topological polar surface area (TPSA) is 68.7 Å². The highest BCUT2D eigenvalue weighted by Gasteiger charge is 2.43. The fraction of sp³-hybridized carbons (Fsp3) is 0.688. The van der Waals surface area contributed by atoms with Crippen LogP contribution >= 0.6 is 0 Å². The van der Waals surface area contributed by atoms with Crippen LogP contribution in [0.5, 0.6) is 0 Å². The number of hydrogen-bond donors (Lipinski definition) is 0. The molecular formula is C16H24N2O4S. The van der Waals surface area contributed by atoms with Crippen LogP contribution in [0.4, 0.5) is 0 Å². The van der Waals surface area contributed by atoms with Crippen molar-refractivity contribution < 1.29 is 17.9 Å². The van der Waals surface area contributed by atoms with Crippen LogP contribution in [0, 0.1) is 5.41 Å². The number of aromatic nitrogens is 1. The number of piperidine rings is 1. The number of nitrogens with zero attached hydrogens (tertiary/aromatic N) is 2. The fourth-order valence-electron chi connectivity index (χ4n) is 3.43. The Labute approximate surface area is 137 Å². The number of hydrogen-bond acceptors (Lipinski definition) is 5. The molecule has 3 rings (SSSR count). The molecule has 0 N–H and O–H groups in total. The Morgan fingerprint density at radius 2 is 2.04 bits per heavy atom. The minimum Gasteiger partial charge on any atom is -0.375 e. The summed E-state index contributed by atoms with van der Waals surface area (Å²) in [5, 5.41) is 0. The van der Waals surface area contributed by atoms with Gasteiger partial charge in [-0.15, -0.1) is 0 Å². The maximum absolute atomic E-state index is 11.6. The SMILES string of the molecule is CS(=O)(=O)N1CCC2(CC1)COC(COCc1ccncc1)C2. The van der Waals surface area contributed by atoms with Crippen molar-refractivity contribution in [2.75, 3.05) is 32.6 Å². The highest BCUT2D eigenvalue weighted by molar-refractivity contribution is 7.88. The molecule has 7 heteroatoms. The van der Waals surface area contributed by atoms with Gasteiger partial charge in [0, 0.05) is 25.5 Å². The molecule has 1 atom stereocenters. The molecule has 0 saturated carbocycles. The second-order valence-electron chi connectivity index (χ2n) is 6.67. The number of rotatable bonds is 5. The fourth-order valence-corrected chi connectivity index (χ4v) is 4.28. The Bertz CT molecular complexity index is 612. The van der Waals surface area contributed by atoms with E-state index in [4.69, 9.17) is 9.47 Å². The van der Waals surface area contributed by atoms with Crippen molar-refractivity contribution in [2.45, 2.75) is 32.0 Å². The van der Waals surface area contributed by atoms with E-state index in [1.54, 1.807) is 16.7 Å². The van der Waals surface area contributed by atoms with Gasteiger partial charge in [0.25, 0.3) is 0 Å². The van der Waals surface area contributed by atoms with E-state index in [0.29, 0.717) is 32.9 Å². The highest BCUT2D eigenvalue weighted by atomic mass is 32.2. The average Bonchev–Trinajstić information content (AvgIpc) is 2.91. The lowest BCUT2D eigenvalue weighted by atomic mass is 9.77. The Morgan fingerprint density at radius 3 is 2.70 bits per heavy atom. The molecule has 2 aliphatic heterocycles. The van der Waals surface area contributed by atoms with Gasteiger partial charge in [-0.2, -0.15) is 0 Å². The Balaban J connectivity index is 1.44. The van der Waals surface area contributed by atoms with Gasteiger partial charge in [0.2, 0.25) is 10.0 Å². The molecule has 2 fully saturated rings. The molecule has 0 aromatic carbocycles. The molecule has 1 spiro atoms. The minimum absolute atomic E-state index is 0.113. The van der Waals surface area contributed by atoms with Crippen LogP contribution in [0.25, 0.3) is 0 Å². The van der Waals surface area contributed by atoms with Crippen molar-refractivity contribution in [1.82, 2.24) is 9.29 Å². The van der Waals surface area contributed by atoms with Crippen molar-refractivity contribution in [2.24, 2.45) is 5.41 Å². The quantitative estimate of drug-likeness (QED) is 0.811. The average molecular weight is 340 g/mol. The zero-order chi connectivity index (χ0) is 16.3. The van der Waals surface area contributed by atoms with Crippen molar-refractivity contribution in [1.29, 1.82) is 0 Å². The van der Waals surface area contributed by atoms with Crippen LogP contribution in [0.1, 0.15) is 24.8 Å². The van der Waals surface area contributed by atoms with Crippen molar-refractivity contribution >= 4 is 10.0 Å². The predicted octanol–water partition coefficient (Wildman–Crippen LogP) is 1.43. The molecule has 2 aliphatic rings. The van der Waals surface area contributed by atoms with E-state index < -0.39 is 10.0 Å². The summed E-state index contributed by atoms with van der Waals surface area (Å²) in [7, 11) is -3.07. The van der Waals surface area contributed by atoms with Gasteiger partial charge in [0.05, 0.1) is 32.2 Å². The van der Waals surface area contributed by atoms with Gasteiger partial charge in [-0.05, 0) is 42.4 Å². The van der Waals surface area contributed by atoms with Crippen LogP contribution < -0.4 is 0 Å². The van der Waals surface area contributed by atoms with Crippen molar-refractivity contribution in [3.8, 4) is 0 Å². The monoisotopic (exact) mass is 340 g/mol. The minimum atomic E-state index is -3.07.